The predicted octanol–water partition coefficient (Wildman–Crippen LogP) is 6.98. The van der Waals surface area contributed by atoms with Crippen molar-refractivity contribution in [3.05, 3.63) is 137 Å². The van der Waals surface area contributed by atoms with Crippen molar-refractivity contribution in [1.82, 2.24) is 10.2 Å². The molecule has 0 saturated carbocycles. The lowest BCUT2D eigenvalue weighted by molar-refractivity contribution is -0.617. The van der Waals surface area contributed by atoms with Gasteiger partial charge in [0.2, 0.25) is 5.69 Å². The van der Waals surface area contributed by atoms with Crippen molar-refractivity contribution in [2.75, 3.05) is 36.6 Å². The average molecular weight is 674 g/mol. The second-order valence-corrected chi connectivity index (χ2v) is 12.4. The van der Waals surface area contributed by atoms with E-state index in [1.54, 1.807) is 42.5 Å². The van der Waals surface area contributed by atoms with E-state index < -0.39 is 6.10 Å². The van der Waals surface area contributed by atoms with Gasteiger partial charge in [-0.05, 0) is 90.6 Å². The Morgan fingerprint density at radius 1 is 1.02 bits per heavy atom. The lowest BCUT2D eigenvalue weighted by Gasteiger charge is -2.31. The molecule has 258 valence electrons. The number of H-pyrrole nitrogens is 1. The van der Waals surface area contributed by atoms with Crippen LogP contribution in [0.15, 0.2) is 109 Å². The summed E-state index contributed by atoms with van der Waals surface area (Å²) >= 11 is 0. The summed E-state index contributed by atoms with van der Waals surface area (Å²) in [5.74, 6) is 0.589. The number of anilines is 2. The fourth-order valence-electron chi connectivity index (χ4n) is 6.08. The van der Waals surface area contributed by atoms with E-state index in [1.165, 1.54) is 6.20 Å². The van der Waals surface area contributed by atoms with Crippen molar-refractivity contribution in [2.45, 2.75) is 45.3 Å². The van der Waals surface area contributed by atoms with Crippen molar-refractivity contribution in [3.8, 4) is 16.9 Å². The highest BCUT2D eigenvalue weighted by Crippen LogP contribution is 2.37. The van der Waals surface area contributed by atoms with Gasteiger partial charge in [0.1, 0.15) is 12.4 Å². The molecule has 1 aliphatic heterocycles. The number of nitrogens with zero attached hydrogens (tertiary/aromatic N) is 3. The van der Waals surface area contributed by atoms with Gasteiger partial charge in [-0.2, -0.15) is 9.83 Å². The average Bonchev–Trinajstić information content (AvgIpc) is 3.62. The Morgan fingerprint density at radius 3 is 2.56 bits per heavy atom. The Balaban J connectivity index is 1.21. The number of benzene rings is 3. The minimum absolute atomic E-state index is 0.0212. The highest BCUT2D eigenvalue weighted by Gasteiger charge is 2.25. The van der Waals surface area contributed by atoms with Crippen molar-refractivity contribution in [2.24, 2.45) is 0 Å². The third-order valence-electron chi connectivity index (χ3n) is 8.99. The first-order chi connectivity index (χ1) is 24.4. The summed E-state index contributed by atoms with van der Waals surface area (Å²) in [6.45, 7) is 6.73. The monoisotopic (exact) mass is 673 g/mol. The van der Waals surface area contributed by atoms with Gasteiger partial charge in [-0.15, -0.1) is 0 Å². The molecule has 5 aromatic rings. The molecule has 0 radical (unpaired) electrons. The molecule has 1 unspecified atom stereocenters. The van der Waals surface area contributed by atoms with Crippen LogP contribution in [0.1, 0.15) is 67.6 Å². The zero-order valence-electron chi connectivity index (χ0n) is 28.4. The zero-order chi connectivity index (χ0) is 34.9. The SMILES string of the molecule is CCCCOCCOc1ccc(-c2ccc3c(c2)C=C(C(=O)Nc2ccc([C@H](O)c4cccc[n+]4[O-])cc2)CCN3C(C)c2cn[nH]c2)cc1. The Labute approximate surface area is 292 Å². The molecule has 10 nitrogen and oxygen atoms in total. The number of carbonyl (C=O) groups is 1. The van der Waals surface area contributed by atoms with Gasteiger partial charge in [-0.25, -0.2) is 0 Å². The molecule has 0 fully saturated rings. The van der Waals surface area contributed by atoms with E-state index in [9.17, 15) is 15.1 Å². The fraction of sp³-hybridized carbons (Fsp3) is 0.275. The third kappa shape index (κ3) is 8.22. The smallest absolute Gasteiger partial charge is 0.251 e. The van der Waals surface area contributed by atoms with Crippen LogP contribution in [0.2, 0.25) is 0 Å². The molecule has 0 spiro atoms. The highest BCUT2D eigenvalue weighted by atomic mass is 16.5. The summed E-state index contributed by atoms with van der Waals surface area (Å²) < 4.78 is 12.1. The van der Waals surface area contributed by atoms with Crippen LogP contribution in [0.4, 0.5) is 11.4 Å². The minimum atomic E-state index is -1.09. The fourth-order valence-corrected chi connectivity index (χ4v) is 6.08. The van der Waals surface area contributed by atoms with Crippen molar-refractivity contribution in [1.29, 1.82) is 0 Å². The maximum atomic E-state index is 13.7. The molecule has 3 aromatic carbocycles. The number of aromatic amines is 1. The summed E-state index contributed by atoms with van der Waals surface area (Å²) in [5, 5.41) is 33.0. The summed E-state index contributed by atoms with van der Waals surface area (Å²) in [7, 11) is 0. The maximum Gasteiger partial charge on any atom is 0.251 e. The first kappa shape index (κ1) is 34.4. The van der Waals surface area contributed by atoms with Gasteiger partial charge in [0.15, 0.2) is 12.3 Å². The number of fused-ring (bicyclic) bond motifs is 1. The van der Waals surface area contributed by atoms with Crippen LogP contribution in [0.25, 0.3) is 17.2 Å². The molecule has 50 heavy (non-hydrogen) atoms. The number of pyridine rings is 1. The lowest BCUT2D eigenvalue weighted by Crippen LogP contribution is -2.32. The standard InChI is InChI=1S/C40H43N5O5/c1-3-4-21-49-22-23-50-36-15-10-29(11-16-36)31-12-17-37-33(24-31)25-32(18-20-44(37)28(2)34-26-41-42-27-34)40(47)43-35-13-8-30(9-14-35)39(46)38-7-5-6-19-45(38)48/h5-17,19,24-28,39,46H,3-4,18,20-23H2,1-2H3,(H,41,42)(H,43,47)/t28?,39-/m0/s1. The van der Waals surface area contributed by atoms with E-state index >= 15 is 0 Å². The molecule has 2 aromatic heterocycles. The number of aliphatic hydroxyl groups is 1. The van der Waals surface area contributed by atoms with Crippen LogP contribution in [0, 0.1) is 5.21 Å². The van der Waals surface area contributed by atoms with Gasteiger partial charge in [0.25, 0.3) is 5.91 Å². The van der Waals surface area contributed by atoms with Crippen LogP contribution < -0.4 is 19.7 Å². The van der Waals surface area contributed by atoms with Gasteiger partial charge in [0.05, 0.1) is 18.8 Å². The first-order valence-electron chi connectivity index (χ1n) is 17.1. The molecule has 0 saturated heterocycles. The molecule has 6 rings (SSSR count). The van der Waals surface area contributed by atoms with Gasteiger partial charge >= 0.3 is 0 Å². The number of hydrogen-bond donors (Lipinski definition) is 3. The molecular weight excluding hydrogens is 630 g/mol. The Morgan fingerprint density at radius 2 is 1.82 bits per heavy atom. The van der Waals surface area contributed by atoms with Gasteiger partial charge in [-0.1, -0.05) is 43.7 Å². The summed E-state index contributed by atoms with van der Waals surface area (Å²) in [6, 6.07) is 26.2. The molecule has 3 N–H and O–H groups in total. The van der Waals surface area contributed by atoms with Crippen molar-refractivity contribution in [3.63, 3.8) is 0 Å². The van der Waals surface area contributed by atoms with Crippen LogP contribution >= 0.6 is 0 Å². The van der Waals surface area contributed by atoms with E-state index in [-0.39, 0.29) is 17.6 Å². The van der Waals surface area contributed by atoms with E-state index in [2.05, 4.69) is 52.5 Å². The number of rotatable bonds is 14. The molecular formula is C40H43N5O5. The molecule has 1 aliphatic rings. The summed E-state index contributed by atoms with van der Waals surface area (Å²) in [4.78, 5) is 16.1. The lowest BCUT2D eigenvalue weighted by atomic mass is 9.99. The number of amides is 1. The van der Waals surface area contributed by atoms with E-state index in [4.69, 9.17) is 9.47 Å². The largest absolute Gasteiger partial charge is 0.618 e. The van der Waals surface area contributed by atoms with Crippen molar-refractivity contribution < 1.29 is 24.1 Å². The minimum Gasteiger partial charge on any atom is -0.618 e. The van der Waals surface area contributed by atoms with Crippen LogP contribution in [0.3, 0.4) is 0 Å². The van der Waals surface area contributed by atoms with Crippen LogP contribution in [0.5, 0.6) is 5.75 Å². The normalized spacial score (nSPS) is 13.9. The van der Waals surface area contributed by atoms with Gasteiger partial charge < -0.3 is 30.0 Å². The topological polar surface area (TPSA) is 127 Å². The quantitative estimate of drug-likeness (QED) is 0.0660. The number of aliphatic hydroxyl groups excluding tert-OH is 1. The van der Waals surface area contributed by atoms with E-state index in [0.717, 1.165) is 53.1 Å². The van der Waals surface area contributed by atoms with E-state index in [0.29, 0.717) is 47.7 Å². The second-order valence-electron chi connectivity index (χ2n) is 12.4. The predicted molar refractivity (Wildman–Crippen MR) is 195 cm³/mol. The molecule has 10 heteroatoms. The first-order valence-corrected chi connectivity index (χ1v) is 17.1. The molecule has 1 amide bonds. The Hall–Kier alpha value is -5.45. The molecule has 0 bridgehead atoms. The third-order valence-corrected chi connectivity index (χ3v) is 8.99. The summed E-state index contributed by atoms with van der Waals surface area (Å²) in [6.07, 6.45) is 8.67. The van der Waals surface area contributed by atoms with E-state index in [1.807, 2.05) is 42.7 Å². The molecule has 2 atom stereocenters. The van der Waals surface area contributed by atoms with Crippen LogP contribution in [-0.2, 0) is 9.53 Å². The van der Waals surface area contributed by atoms with Gasteiger partial charge in [-0.3, -0.25) is 9.89 Å². The van der Waals surface area contributed by atoms with Gasteiger partial charge in [0, 0.05) is 54.0 Å². The second kappa shape index (κ2) is 16.3. The number of aromatic nitrogens is 3. The number of ether oxygens (including phenoxy) is 2. The number of nitrogens with one attached hydrogen (secondary N) is 2. The number of carbonyl (C=O) groups excluding carboxylic acids is 1. The van der Waals surface area contributed by atoms with Crippen molar-refractivity contribution >= 4 is 23.4 Å². The Kier molecular flexibility index (Phi) is 11.2. The Bertz CT molecular complexity index is 1890. The van der Waals surface area contributed by atoms with Crippen LogP contribution in [-0.4, -0.2) is 47.6 Å². The molecule has 3 heterocycles. The molecule has 0 aliphatic carbocycles. The number of unbranched alkanes of at least 4 members (excludes halogenated alkanes) is 1. The highest BCUT2D eigenvalue weighted by molar-refractivity contribution is 6.07. The number of hydrogen-bond acceptors (Lipinski definition) is 7. The zero-order valence-corrected chi connectivity index (χ0v) is 28.4. The summed E-state index contributed by atoms with van der Waals surface area (Å²) in [5.41, 5.74) is 7.11. The maximum absolute atomic E-state index is 13.7.